The minimum absolute atomic E-state index is 0.0403. The minimum atomic E-state index is -3.25. The number of hydrogen-bond donors (Lipinski definition) is 2. The van der Waals surface area contributed by atoms with Gasteiger partial charge < -0.3 is 10.6 Å². The van der Waals surface area contributed by atoms with E-state index in [0.717, 1.165) is 13.0 Å². The van der Waals surface area contributed by atoms with E-state index in [1.807, 2.05) is 13.8 Å². The molecule has 1 fully saturated rings. The summed E-state index contributed by atoms with van der Waals surface area (Å²) in [7, 11) is -0.267. The number of rotatable bonds is 6. The maximum atomic E-state index is 12.3. The molecule has 1 atom stereocenters. The molecule has 0 aromatic carbocycles. The Labute approximate surface area is 116 Å². The van der Waals surface area contributed by atoms with Crippen molar-refractivity contribution in [2.75, 3.05) is 39.5 Å². The summed E-state index contributed by atoms with van der Waals surface area (Å²) in [4.78, 5) is 12.3. The van der Waals surface area contributed by atoms with Gasteiger partial charge in [-0.15, -0.1) is 0 Å². The summed E-state index contributed by atoms with van der Waals surface area (Å²) in [6, 6.07) is 0. The van der Waals surface area contributed by atoms with Crippen LogP contribution in [0.5, 0.6) is 0 Å². The normalized spacial score (nSPS) is 24.1. The van der Waals surface area contributed by atoms with Crippen molar-refractivity contribution < 1.29 is 13.2 Å². The standard InChI is InChI=1S/C12H25N3O3S/c1-10(2)12(5-6-13-9-12)11(16)14-7-8-19(17,18)15(3)4/h10,13H,5-9H2,1-4H3,(H,14,16). The van der Waals surface area contributed by atoms with E-state index in [9.17, 15) is 13.2 Å². The highest BCUT2D eigenvalue weighted by Crippen LogP contribution is 2.34. The molecule has 112 valence electrons. The van der Waals surface area contributed by atoms with Crippen LogP contribution in [-0.2, 0) is 14.8 Å². The average molecular weight is 291 g/mol. The van der Waals surface area contributed by atoms with Crippen LogP contribution < -0.4 is 10.6 Å². The number of carbonyl (C=O) groups is 1. The molecule has 0 bridgehead atoms. The largest absolute Gasteiger partial charge is 0.354 e. The molecule has 6 nitrogen and oxygen atoms in total. The van der Waals surface area contributed by atoms with Crippen LogP contribution in [0.15, 0.2) is 0 Å². The van der Waals surface area contributed by atoms with Crippen LogP contribution in [0.3, 0.4) is 0 Å². The molecule has 1 aliphatic heterocycles. The zero-order valence-electron chi connectivity index (χ0n) is 12.2. The van der Waals surface area contributed by atoms with Crippen LogP contribution in [0.1, 0.15) is 20.3 Å². The molecule has 0 saturated carbocycles. The van der Waals surface area contributed by atoms with E-state index in [4.69, 9.17) is 0 Å². The van der Waals surface area contributed by atoms with Crippen LogP contribution in [0.2, 0.25) is 0 Å². The topological polar surface area (TPSA) is 78.5 Å². The summed E-state index contributed by atoms with van der Waals surface area (Å²) in [6.07, 6.45) is 0.803. The zero-order valence-corrected chi connectivity index (χ0v) is 13.0. The summed E-state index contributed by atoms with van der Waals surface area (Å²) in [5.74, 6) is 0.127. The van der Waals surface area contributed by atoms with Crippen LogP contribution in [0.25, 0.3) is 0 Å². The lowest BCUT2D eigenvalue weighted by Gasteiger charge is -2.31. The molecule has 0 aliphatic carbocycles. The number of sulfonamides is 1. The first-order valence-corrected chi connectivity index (χ1v) is 8.22. The fourth-order valence-electron chi connectivity index (χ4n) is 2.31. The maximum Gasteiger partial charge on any atom is 0.227 e. The van der Waals surface area contributed by atoms with Crippen molar-refractivity contribution in [2.24, 2.45) is 11.3 Å². The van der Waals surface area contributed by atoms with Crippen LogP contribution >= 0.6 is 0 Å². The van der Waals surface area contributed by atoms with Gasteiger partial charge in [-0.3, -0.25) is 4.79 Å². The fraction of sp³-hybridized carbons (Fsp3) is 0.917. The third-order valence-electron chi connectivity index (χ3n) is 3.95. The molecule has 1 heterocycles. The molecular weight excluding hydrogens is 266 g/mol. The summed E-state index contributed by atoms with van der Waals surface area (Å²) in [5.41, 5.74) is -0.401. The van der Waals surface area contributed by atoms with E-state index in [2.05, 4.69) is 10.6 Å². The molecule has 0 aromatic heterocycles. The molecule has 7 heteroatoms. The van der Waals surface area contributed by atoms with Gasteiger partial charge >= 0.3 is 0 Å². The molecule has 19 heavy (non-hydrogen) atoms. The third kappa shape index (κ3) is 3.67. The van der Waals surface area contributed by atoms with E-state index < -0.39 is 15.4 Å². The van der Waals surface area contributed by atoms with Crippen molar-refractivity contribution in [1.29, 1.82) is 0 Å². The van der Waals surface area contributed by atoms with Gasteiger partial charge in [-0.1, -0.05) is 13.8 Å². The zero-order chi connectivity index (χ0) is 14.7. The Morgan fingerprint density at radius 3 is 2.47 bits per heavy atom. The molecule has 1 saturated heterocycles. The molecule has 1 amide bonds. The lowest BCUT2D eigenvalue weighted by molar-refractivity contribution is -0.132. The number of carbonyl (C=O) groups excluding carboxylic acids is 1. The van der Waals surface area contributed by atoms with E-state index in [-0.39, 0.29) is 24.1 Å². The molecule has 2 N–H and O–H groups in total. The van der Waals surface area contributed by atoms with Gasteiger partial charge in [0, 0.05) is 27.2 Å². The lowest BCUT2D eigenvalue weighted by atomic mass is 9.75. The smallest absolute Gasteiger partial charge is 0.227 e. The highest BCUT2D eigenvalue weighted by atomic mass is 32.2. The van der Waals surface area contributed by atoms with Crippen LogP contribution in [-0.4, -0.2) is 58.1 Å². The second kappa shape index (κ2) is 6.19. The van der Waals surface area contributed by atoms with Gasteiger partial charge in [-0.05, 0) is 18.9 Å². The predicted octanol–water partition coefficient (Wildman–Crippen LogP) is -0.370. The number of nitrogens with zero attached hydrogens (tertiary/aromatic N) is 1. The van der Waals surface area contributed by atoms with Gasteiger partial charge in [-0.25, -0.2) is 12.7 Å². The molecule has 1 aliphatic rings. The average Bonchev–Trinajstić information content (AvgIpc) is 2.78. The first-order chi connectivity index (χ1) is 8.72. The fourth-order valence-corrected chi connectivity index (χ4v) is 3.04. The van der Waals surface area contributed by atoms with Crippen molar-refractivity contribution in [3.63, 3.8) is 0 Å². The van der Waals surface area contributed by atoms with E-state index in [0.29, 0.717) is 6.54 Å². The van der Waals surface area contributed by atoms with Gasteiger partial charge in [-0.2, -0.15) is 0 Å². The second-order valence-corrected chi connectivity index (χ2v) is 7.89. The number of amides is 1. The lowest BCUT2D eigenvalue weighted by Crippen LogP contribution is -2.47. The Kier molecular flexibility index (Phi) is 5.34. The number of hydrogen-bond acceptors (Lipinski definition) is 4. The summed E-state index contributed by atoms with van der Waals surface area (Å²) in [6.45, 7) is 5.72. The Morgan fingerprint density at radius 1 is 1.42 bits per heavy atom. The van der Waals surface area contributed by atoms with Crippen molar-refractivity contribution >= 4 is 15.9 Å². The Balaban J connectivity index is 2.56. The summed E-state index contributed by atoms with van der Waals surface area (Å²) in [5, 5.41) is 5.99. The van der Waals surface area contributed by atoms with Gasteiger partial charge in [0.25, 0.3) is 0 Å². The van der Waals surface area contributed by atoms with E-state index in [1.54, 1.807) is 0 Å². The monoisotopic (exact) mass is 291 g/mol. The second-order valence-electron chi connectivity index (χ2n) is 5.59. The first kappa shape index (κ1) is 16.4. The van der Waals surface area contributed by atoms with Crippen molar-refractivity contribution in [3.05, 3.63) is 0 Å². The maximum absolute atomic E-state index is 12.3. The Morgan fingerprint density at radius 2 is 2.05 bits per heavy atom. The van der Waals surface area contributed by atoms with E-state index >= 15 is 0 Å². The molecular formula is C12H25N3O3S. The van der Waals surface area contributed by atoms with Gasteiger partial charge in [0.2, 0.25) is 15.9 Å². The first-order valence-electron chi connectivity index (χ1n) is 6.61. The number of nitrogens with one attached hydrogen (secondary N) is 2. The summed E-state index contributed by atoms with van der Waals surface area (Å²) >= 11 is 0. The minimum Gasteiger partial charge on any atom is -0.354 e. The van der Waals surface area contributed by atoms with Crippen LogP contribution in [0, 0.1) is 11.3 Å². The van der Waals surface area contributed by atoms with Crippen LogP contribution in [0.4, 0.5) is 0 Å². The predicted molar refractivity (Wildman–Crippen MR) is 75.2 cm³/mol. The highest BCUT2D eigenvalue weighted by molar-refractivity contribution is 7.89. The third-order valence-corrected chi connectivity index (χ3v) is 5.78. The molecule has 0 radical (unpaired) electrons. The van der Waals surface area contributed by atoms with Gasteiger partial charge in [0.1, 0.15) is 0 Å². The Hall–Kier alpha value is -0.660. The van der Waals surface area contributed by atoms with Crippen molar-refractivity contribution in [3.8, 4) is 0 Å². The molecule has 1 unspecified atom stereocenters. The van der Waals surface area contributed by atoms with Gasteiger partial charge in [0.05, 0.1) is 11.2 Å². The quantitative estimate of drug-likeness (QED) is 0.700. The summed E-state index contributed by atoms with van der Waals surface area (Å²) < 4.78 is 24.4. The molecule has 0 spiro atoms. The van der Waals surface area contributed by atoms with E-state index in [1.165, 1.54) is 18.4 Å². The van der Waals surface area contributed by atoms with Crippen molar-refractivity contribution in [2.45, 2.75) is 20.3 Å². The molecule has 1 rings (SSSR count). The van der Waals surface area contributed by atoms with Crippen molar-refractivity contribution in [1.82, 2.24) is 14.9 Å². The SMILES string of the molecule is CC(C)C1(C(=O)NCCS(=O)(=O)N(C)C)CCNC1. The highest BCUT2D eigenvalue weighted by Gasteiger charge is 2.43. The molecule has 0 aromatic rings. The van der Waals surface area contributed by atoms with Gasteiger partial charge in [0.15, 0.2) is 0 Å². The Bertz CT molecular complexity index is 412.